The quantitative estimate of drug-likeness (QED) is 0.107. The third-order valence-corrected chi connectivity index (χ3v) is 13.0. The van der Waals surface area contributed by atoms with E-state index in [4.69, 9.17) is 33.9 Å². The molecular formula is C66H44N6O. The fourth-order valence-electron chi connectivity index (χ4n) is 9.84. The second-order valence-electron chi connectivity index (χ2n) is 17.1. The van der Waals surface area contributed by atoms with E-state index in [0.29, 0.717) is 50.6 Å². The number of imidazole rings is 1. The Labute approximate surface area is 446 Å². The Balaban J connectivity index is 0.976. The van der Waals surface area contributed by atoms with E-state index in [0.717, 1.165) is 27.1 Å². The van der Waals surface area contributed by atoms with Gasteiger partial charge in [-0.05, 0) is 113 Å². The molecule has 5 heterocycles. The van der Waals surface area contributed by atoms with Gasteiger partial charge < -0.3 is 4.74 Å². The fraction of sp³-hybridized carbons (Fsp3) is 0.0152. The number of hydrogen-bond donors (Lipinski definition) is 0. The van der Waals surface area contributed by atoms with Crippen LogP contribution in [0, 0.1) is 13.2 Å². The molecule has 0 fully saturated rings. The van der Waals surface area contributed by atoms with Crippen LogP contribution in [0.1, 0.15) is 30.2 Å². The maximum absolute atomic E-state index is 9.24. The summed E-state index contributed by atoms with van der Waals surface area (Å²) in [6, 6.07) is 34.4. The van der Waals surface area contributed by atoms with Gasteiger partial charge in [0.25, 0.3) is 6.33 Å². The lowest BCUT2D eigenvalue weighted by atomic mass is 9.95. The number of aromatic nitrogens is 6. The first-order valence-electron chi connectivity index (χ1n) is 32.1. The standard InChI is InChI=1S/C66H44N6O/c1-44-38-64(68-42-58(44)47-22-9-4-10-23-47)72-60-32-14-11-26-54(60)56-35-34-51(41-62(56)72)73-50-25-15-24-48(39-50)69-43-70(65-52(45-18-5-2-6-19-45)28-16-29-53(65)46-20-7-3-8-21-46)61-36-33-49(40-63(61)69)71-59-31-13-12-27-55(59)57-30-17-37-67-66(57)71/h2-42H,1H3/i1D3,2D,3D,4D,5D,6D,7D,8D,9D,10D,18D,19D,20D,21D,22D,23D. The van der Waals surface area contributed by atoms with Crippen molar-refractivity contribution >= 4 is 54.8 Å². The van der Waals surface area contributed by atoms with Crippen LogP contribution in [0.15, 0.2) is 249 Å². The summed E-state index contributed by atoms with van der Waals surface area (Å²) in [5, 5.41) is 3.39. The molecule has 0 unspecified atom stereocenters. The molecule has 9 aromatic carbocycles. The largest absolute Gasteiger partial charge is 0.458 e. The van der Waals surface area contributed by atoms with Crippen LogP contribution in [0.2, 0.25) is 0 Å². The van der Waals surface area contributed by atoms with Crippen molar-refractivity contribution in [3.05, 3.63) is 261 Å². The van der Waals surface area contributed by atoms with Crippen LogP contribution in [-0.2, 0) is 0 Å². The highest BCUT2D eigenvalue weighted by Crippen LogP contribution is 2.39. The minimum absolute atomic E-state index is 0.0667. The van der Waals surface area contributed by atoms with Gasteiger partial charge in [0.15, 0.2) is 0 Å². The summed E-state index contributed by atoms with van der Waals surface area (Å²) < 4.78 is 171. The van der Waals surface area contributed by atoms with Crippen LogP contribution >= 0.6 is 0 Å². The number of hydrogen-bond acceptors (Lipinski definition) is 3. The number of fused-ring (bicyclic) bond motifs is 7. The summed E-state index contributed by atoms with van der Waals surface area (Å²) in [5.74, 6) is 0.831. The summed E-state index contributed by atoms with van der Waals surface area (Å²) in [6.45, 7) is -2.83. The van der Waals surface area contributed by atoms with Gasteiger partial charge in [-0.15, -0.1) is 0 Å². The Kier molecular flexibility index (Phi) is 6.49. The molecule has 0 saturated carbocycles. The molecule has 0 bridgehead atoms. The van der Waals surface area contributed by atoms with Gasteiger partial charge in [-0.2, -0.15) is 0 Å². The Hall–Kier alpha value is -9.85. The third-order valence-electron chi connectivity index (χ3n) is 13.0. The average molecular weight is 955 g/mol. The van der Waals surface area contributed by atoms with Gasteiger partial charge >= 0.3 is 0 Å². The van der Waals surface area contributed by atoms with Crippen molar-refractivity contribution in [3.63, 3.8) is 0 Å². The number of benzene rings is 9. The fourth-order valence-corrected chi connectivity index (χ4v) is 9.84. The first-order valence-corrected chi connectivity index (χ1v) is 23.1. The Morgan fingerprint density at radius 3 is 1.85 bits per heavy atom. The molecule has 0 atom stereocenters. The molecule has 0 amide bonds. The number of para-hydroxylation sites is 3. The zero-order valence-corrected chi connectivity index (χ0v) is 38.1. The lowest BCUT2D eigenvalue weighted by Gasteiger charge is -2.17. The highest BCUT2D eigenvalue weighted by Gasteiger charge is 2.22. The SMILES string of the molecule is [2H]c1c([2H])c([2H])c(-c2cnc(-n3c4ccccc4c4ccc(Oc5cccc(-n6[c-][n+](-c7c(-c8c([2H])c([2H])c([2H])c([2H])c8[2H])cccc7-c7c([2H])c([2H])c([2H])c([2H])c7[2H])c7ccc(-n8c9ccccc9c9cccnc98)cc76)c5)cc43)cc2C([2H])([2H])[2H])c([2H])c1[2H]. The number of pyridine rings is 2. The first-order chi connectivity index (χ1) is 43.5. The number of ether oxygens (including phenoxy) is 1. The van der Waals surface area contributed by atoms with Gasteiger partial charge in [-0.25, -0.2) is 9.97 Å². The van der Waals surface area contributed by atoms with Crippen molar-refractivity contribution in [2.24, 2.45) is 0 Å². The Bertz CT molecular complexity index is 5250. The zero-order valence-electron chi connectivity index (χ0n) is 56.1. The summed E-state index contributed by atoms with van der Waals surface area (Å²) in [4.78, 5) is 9.55. The summed E-state index contributed by atoms with van der Waals surface area (Å²) >= 11 is 0. The van der Waals surface area contributed by atoms with E-state index in [-0.39, 0.29) is 50.4 Å². The predicted octanol–water partition coefficient (Wildman–Crippen LogP) is 15.8. The maximum atomic E-state index is 9.24. The highest BCUT2D eigenvalue weighted by atomic mass is 16.5. The molecule has 14 aromatic rings. The molecule has 14 rings (SSSR count). The lowest BCUT2D eigenvalue weighted by molar-refractivity contribution is -0.571. The molecule has 7 heteroatoms. The number of nitrogens with zero attached hydrogens (tertiary/aromatic N) is 6. The summed E-state index contributed by atoms with van der Waals surface area (Å²) in [6.07, 6.45) is 6.42. The van der Waals surface area contributed by atoms with Gasteiger partial charge in [0.2, 0.25) is 0 Å². The van der Waals surface area contributed by atoms with Gasteiger partial charge in [0.05, 0.1) is 59.5 Å². The van der Waals surface area contributed by atoms with Gasteiger partial charge in [-0.1, -0.05) is 157 Å². The minimum Gasteiger partial charge on any atom is -0.458 e. The Morgan fingerprint density at radius 2 is 1.12 bits per heavy atom. The monoisotopic (exact) mass is 954 g/mol. The first kappa shape index (κ1) is 27.5. The van der Waals surface area contributed by atoms with Gasteiger partial charge in [-0.3, -0.25) is 18.3 Å². The van der Waals surface area contributed by atoms with E-state index in [2.05, 4.69) is 6.33 Å². The van der Waals surface area contributed by atoms with E-state index in [1.165, 1.54) is 18.3 Å². The molecule has 0 spiro atoms. The number of aryl methyl sites for hydroxylation is 1. The second-order valence-corrected chi connectivity index (χ2v) is 17.1. The van der Waals surface area contributed by atoms with E-state index < -0.39 is 97.5 Å². The molecule has 344 valence electrons. The molecular weight excluding hydrogens is 893 g/mol. The minimum atomic E-state index is -2.83. The summed E-state index contributed by atoms with van der Waals surface area (Å²) in [5.41, 5.74) is 3.84. The molecule has 0 radical (unpaired) electrons. The van der Waals surface area contributed by atoms with Gasteiger partial charge in [0, 0.05) is 55.4 Å². The predicted molar refractivity (Wildman–Crippen MR) is 295 cm³/mol. The van der Waals surface area contributed by atoms with Crippen molar-refractivity contribution in [2.75, 3.05) is 0 Å². The Morgan fingerprint density at radius 1 is 0.493 bits per heavy atom. The molecule has 0 aliphatic rings. The van der Waals surface area contributed by atoms with Crippen molar-refractivity contribution in [3.8, 4) is 67.8 Å². The zero-order chi connectivity index (χ0) is 64.0. The van der Waals surface area contributed by atoms with Crippen molar-refractivity contribution in [1.82, 2.24) is 23.7 Å². The van der Waals surface area contributed by atoms with E-state index >= 15 is 0 Å². The topological polar surface area (TPSA) is 53.7 Å². The van der Waals surface area contributed by atoms with Crippen LogP contribution in [0.3, 0.4) is 0 Å². The van der Waals surface area contributed by atoms with E-state index in [9.17, 15) is 5.48 Å². The van der Waals surface area contributed by atoms with Crippen molar-refractivity contribution in [1.29, 1.82) is 0 Å². The van der Waals surface area contributed by atoms with Crippen LogP contribution in [-0.4, -0.2) is 23.7 Å². The third kappa shape index (κ3) is 7.09. The average Bonchev–Trinajstić information content (AvgIpc) is 1.75. The van der Waals surface area contributed by atoms with Crippen LogP contribution in [0.4, 0.5) is 0 Å². The van der Waals surface area contributed by atoms with Crippen LogP contribution in [0.5, 0.6) is 11.5 Å². The normalized spacial score (nSPS) is 15.3. The smallest absolute Gasteiger partial charge is 0.269 e. The summed E-state index contributed by atoms with van der Waals surface area (Å²) in [7, 11) is 0. The van der Waals surface area contributed by atoms with Crippen molar-refractivity contribution < 1.29 is 34.0 Å². The molecule has 73 heavy (non-hydrogen) atoms. The molecule has 0 aliphatic carbocycles. The number of rotatable bonds is 9. The van der Waals surface area contributed by atoms with E-state index in [1.807, 2.05) is 95.6 Å². The molecule has 0 N–H and O–H groups in total. The highest BCUT2D eigenvalue weighted by molar-refractivity contribution is 6.10. The van der Waals surface area contributed by atoms with Gasteiger partial charge in [0.1, 0.15) is 23.0 Å². The van der Waals surface area contributed by atoms with Crippen molar-refractivity contribution in [2.45, 2.75) is 6.85 Å². The maximum Gasteiger partial charge on any atom is 0.269 e. The lowest BCUT2D eigenvalue weighted by Crippen LogP contribution is -2.31. The molecule has 0 saturated heterocycles. The molecule has 7 nitrogen and oxygen atoms in total. The molecule has 0 aliphatic heterocycles. The molecule has 5 aromatic heterocycles. The van der Waals surface area contributed by atoms with Crippen LogP contribution < -0.4 is 9.30 Å². The second kappa shape index (κ2) is 17.2. The van der Waals surface area contributed by atoms with E-state index in [1.54, 1.807) is 62.4 Å². The van der Waals surface area contributed by atoms with Crippen LogP contribution in [0.25, 0.3) is 111 Å².